The van der Waals surface area contributed by atoms with Gasteiger partial charge in [-0.2, -0.15) is 5.10 Å². The zero-order valence-corrected chi connectivity index (χ0v) is 11.4. The minimum Gasteiger partial charge on any atom is -0.480 e. The third-order valence-corrected chi connectivity index (χ3v) is 3.12. The van der Waals surface area contributed by atoms with Gasteiger partial charge in [-0.1, -0.05) is 17.7 Å². The average Bonchev–Trinajstić information content (AvgIpc) is 2.82. The smallest absolute Gasteiger partial charge is 0.325 e. The van der Waals surface area contributed by atoms with Gasteiger partial charge in [0.25, 0.3) is 5.91 Å². The van der Waals surface area contributed by atoms with Crippen molar-refractivity contribution in [3.8, 4) is 0 Å². The van der Waals surface area contributed by atoms with Gasteiger partial charge in [0, 0.05) is 16.9 Å². The topological polar surface area (TPSA) is 84.2 Å². The minimum absolute atomic E-state index is 0.283. The van der Waals surface area contributed by atoms with Crippen LogP contribution >= 0.6 is 11.6 Å². The lowest BCUT2D eigenvalue weighted by Gasteiger charge is -2.08. The Hall–Kier alpha value is -2.34. The van der Waals surface area contributed by atoms with Crippen molar-refractivity contribution < 1.29 is 14.7 Å². The quantitative estimate of drug-likeness (QED) is 0.905. The molecule has 2 aromatic rings. The third-order valence-electron chi connectivity index (χ3n) is 2.71. The average molecular weight is 294 g/mol. The number of rotatable bonds is 4. The van der Waals surface area contributed by atoms with Crippen LogP contribution in [-0.4, -0.2) is 26.8 Å². The second kappa shape index (κ2) is 5.75. The highest BCUT2D eigenvalue weighted by Crippen LogP contribution is 2.23. The summed E-state index contributed by atoms with van der Waals surface area (Å²) in [6.45, 7) is 1.51. The van der Waals surface area contributed by atoms with E-state index in [1.807, 2.05) is 0 Å². The molecule has 0 saturated heterocycles. The van der Waals surface area contributed by atoms with Gasteiger partial charge < -0.3 is 10.4 Å². The van der Waals surface area contributed by atoms with Crippen LogP contribution in [0.3, 0.4) is 0 Å². The summed E-state index contributed by atoms with van der Waals surface area (Å²) >= 11 is 5.97. The molecule has 0 aliphatic heterocycles. The molecule has 1 heterocycles. The van der Waals surface area contributed by atoms with Gasteiger partial charge in [-0.15, -0.1) is 0 Å². The summed E-state index contributed by atoms with van der Waals surface area (Å²) < 4.78 is 1.18. The van der Waals surface area contributed by atoms with E-state index in [4.69, 9.17) is 16.7 Å². The highest BCUT2D eigenvalue weighted by atomic mass is 35.5. The summed E-state index contributed by atoms with van der Waals surface area (Å²) in [5.41, 5.74) is 1.65. The van der Waals surface area contributed by atoms with Crippen LogP contribution in [0, 0.1) is 6.92 Å². The predicted molar refractivity (Wildman–Crippen MR) is 74.0 cm³/mol. The zero-order chi connectivity index (χ0) is 14.7. The number of hydrogen-bond donors (Lipinski definition) is 2. The van der Waals surface area contributed by atoms with E-state index < -0.39 is 5.97 Å². The van der Waals surface area contributed by atoms with Crippen LogP contribution < -0.4 is 5.32 Å². The molecular formula is C13H12ClN3O3. The molecule has 2 rings (SSSR count). The van der Waals surface area contributed by atoms with Crippen molar-refractivity contribution in [2.24, 2.45) is 0 Å². The maximum absolute atomic E-state index is 12.0. The summed E-state index contributed by atoms with van der Waals surface area (Å²) in [6, 6.07) is 5.21. The molecular weight excluding hydrogens is 282 g/mol. The lowest BCUT2D eigenvalue weighted by molar-refractivity contribution is -0.137. The van der Waals surface area contributed by atoms with Crippen LogP contribution in [0.25, 0.3) is 0 Å². The molecule has 1 aromatic heterocycles. The minimum atomic E-state index is -1.02. The number of halogens is 1. The Labute approximate surface area is 120 Å². The maximum Gasteiger partial charge on any atom is 0.325 e. The van der Waals surface area contributed by atoms with Gasteiger partial charge in [0.2, 0.25) is 0 Å². The van der Waals surface area contributed by atoms with E-state index in [0.29, 0.717) is 10.7 Å². The Bertz CT molecular complexity index is 667. The van der Waals surface area contributed by atoms with E-state index in [0.717, 1.165) is 5.56 Å². The Morgan fingerprint density at radius 2 is 2.20 bits per heavy atom. The first kappa shape index (κ1) is 14.1. The van der Waals surface area contributed by atoms with Crippen LogP contribution in [0.1, 0.15) is 15.9 Å². The SMILES string of the molecule is Cc1c(Cl)cccc1NC(=O)c1cnn(CC(=O)O)c1. The van der Waals surface area contributed by atoms with Crippen molar-refractivity contribution in [2.45, 2.75) is 13.5 Å². The number of aliphatic carboxylic acids is 1. The molecule has 0 unspecified atom stereocenters. The van der Waals surface area contributed by atoms with Gasteiger partial charge in [-0.05, 0) is 24.6 Å². The number of amides is 1. The fourth-order valence-electron chi connectivity index (χ4n) is 1.64. The molecule has 0 saturated carbocycles. The second-order valence-electron chi connectivity index (χ2n) is 4.19. The summed E-state index contributed by atoms with van der Waals surface area (Å²) in [7, 11) is 0. The highest BCUT2D eigenvalue weighted by molar-refractivity contribution is 6.31. The Balaban J connectivity index is 2.14. The van der Waals surface area contributed by atoms with Crippen LogP contribution in [-0.2, 0) is 11.3 Å². The summed E-state index contributed by atoms with van der Waals surface area (Å²) in [5, 5.41) is 15.7. The second-order valence-corrected chi connectivity index (χ2v) is 4.59. The zero-order valence-electron chi connectivity index (χ0n) is 10.6. The van der Waals surface area contributed by atoms with Crippen LogP contribution in [0.5, 0.6) is 0 Å². The molecule has 0 atom stereocenters. The fourth-order valence-corrected chi connectivity index (χ4v) is 1.82. The fraction of sp³-hybridized carbons (Fsp3) is 0.154. The normalized spacial score (nSPS) is 10.3. The molecule has 1 amide bonds. The Morgan fingerprint density at radius 3 is 2.90 bits per heavy atom. The molecule has 7 heteroatoms. The molecule has 0 fully saturated rings. The molecule has 0 aliphatic carbocycles. The molecule has 20 heavy (non-hydrogen) atoms. The first-order valence-electron chi connectivity index (χ1n) is 5.78. The molecule has 0 aliphatic rings. The number of carbonyl (C=O) groups excluding carboxylic acids is 1. The van der Waals surface area contributed by atoms with E-state index in [1.165, 1.54) is 17.1 Å². The molecule has 104 valence electrons. The standard InChI is InChI=1S/C13H12ClN3O3/c1-8-10(14)3-2-4-11(8)16-13(20)9-5-15-17(6-9)7-12(18)19/h2-6H,7H2,1H3,(H,16,20)(H,18,19). The van der Waals surface area contributed by atoms with Crippen molar-refractivity contribution >= 4 is 29.2 Å². The van der Waals surface area contributed by atoms with Crippen molar-refractivity contribution in [2.75, 3.05) is 5.32 Å². The van der Waals surface area contributed by atoms with Gasteiger partial charge >= 0.3 is 5.97 Å². The van der Waals surface area contributed by atoms with E-state index >= 15 is 0 Å². The number of aromatic nitrogens is 2. The van der Waals surface area contributed by atoms with Crippen LogP contribution in [0.15, 0.2) is 30.6 Å². The number of nitrogens with zero attached hydrogens (tertiary/aromatic N) is 2. The number of carbonyl (C=O) groups is 2. The Kier molecular flexibility index (Phi) is 4.05. The number of hydrogen-bond acceptors (Lipinski definition) is 3. The molecule has 0 bridgehead atoms. The molecule has 2 N–H and O–H groups in total. The third kappa shape index (κ3) is 3.16. The van der Waals surface area contributed by atoms with E-state index in [1.54, 1.807) is 25.1 Å². The number of carboxylic acid groups (broad SMARTS) is 1. The molecule has 1 aromatic carbocycles. The first-order valence-corrected chi connectivity index (χ1v) is 6.16. The highest BCUT2D eigenvalue weighted by Gasteiger charge is 2.12. The van der Waals surface area contributed by atoms with Crippen LogP contribution in [0.4, 0.5) is 5.69 Å². The number of anilines is 1. The number of carboxylic acids is 1. The predicted octanol–water partition coefficient (Wildman–Crippen LogP) is 2.18. The van der Waals surface area contributed by atoms with Gasteiger partial charge in [0.1, 0.15) is 6.54 Å². The van der Waals surface area contributed by atoms with E-state index in [9.17, 15) is 9.59 Å². The Morgan fingerprint density at radius 1 is 1.45 bits per heavy atom. The van der Waals surface area contributed by atoms with Gasteiger partial charge in [0.05, 0.1) is 11.8 Å². The van der Waals surface area contributed by atoms with Crippen LogP contribution in [0.2, 0.25) is 5.02 Å². The van der Waals surface area contributed by atoms with Gasteiger partial charge in [-0.25, -0.2) is 0 Å². The summed E-state index contributed by atoms with van der Waals surface area (Å²) in [4.78, 5) is 22.6. The van der Waals surface area contributed by atoms with Gasteiger partial charge in [0.15, 0.2) is 0 Å². The summed E-state index contributed by atoms with van der Waals surface area (Å²) in [5.74, 6) is -1.39. The van der Waals surface area contributed by atoms with Crippen molar-refractivity contribution in [1.82, 2.24) is 9.78 Å². The van der Waals surface area contributed by atoms with E-state index in [-0.39, 0.29) is 18.0 Å². The van der Waals surface area contributed by atoms with Crippen molar-refractivity contribution in [3.63, 3.8) is 0 Å². The molecule has 6 nitrogen and oxygen atoms in total. The molecule has 0 spiro atoms. The lowest BCUT2D eigenvalue weighted by Crippen LogP contribution is -2.13. The van der Waals surface area contributed by atoms with Crippen molar-refractivity contribution in [1.29, 1.82) is 0 Å². The van der Waals surface area contributed by atoms with Crippen molar-refractivity contribution in [3.05, 3.63) is 46.7 Å². The number of benzene rings is 1. The molecule has 0 radical (unpaired) electrons. The van der Waals surface area contributed by atoms with Gasteiger partial charge in [-0.3, -0.25) is 14.3 Å². The number of nitrogens with one attached hydrogen (secondary N) is 1. The maximum atomic E-state index is 12.0. The largest absolute Gasteiger partial charge is 0.480 e. The first-order chi connectivity index (χ1) is 9.47. The summed E-state index contributed by atoms with van der Waals surface area (Å²) in [6.07, 6.45) is 2.70. The van der Waals surface area contributed by atoms with E-state index in [2.05, 4.69) is 10.4 Å². The monoisotopic (exact) mass is 293 g/mol. The lowest BCUT2D eigenvalue weighted by atomic mass is 10.2.